The summed E-state index contributed by atoms with van der Waals surface area (Å²) in [5.41, 5.74) is 0.678. The van der Waals surface area contributed by atoms with Gasteiger partial charge >= 0.3 is 6.03 Å². The van der Waals surface area contributed by atoms with Gasteiger partial charge in [-0.15, -0.1) is 0 Å². The van der Waals surface area contributed by atoms with E-state index in [1.807, 2.05) is 22.9 Å². The molecule has 0 unspecified atom stereocenters. The molecular formula is C17H24N6O2. The fraction of sp³-hybridized carbons (Fsp3) is 0.471. The fourth-order valence-electron chi connectivity index (χ4n) is 2.70. The minimum absolute atomic E-state index is 0.224. The summed E-state index contributed by atoms with van der Waals surface area (Å²) in [7, 11) is 0. The molecule has 2 aromatic heterocycles. The summed E-state index contributed by atoms with van der Waals surface area (Å²) in [6.07, 6.45) is 7.12. The molecule has 0 radical (unpaired) electrons. The number of imidazole rings is 1. The monoisotopic (exact) mass is 344 g/mol. The summed E-state index contributed by atoms with van der Waals surface area (Å²) in [4.78, 5) is 22.6. The number of pyridine rings is 1. The molecule has 2 N–H and O–H groups in total. The fourth-order valence-corrected chi connectivity index (χ4v) is 2.70. The molecule has 2 amide bonds. The van der Waals surface area contributed by atoms with Crippen LogP contribution in [0.15, 0.2) is 37.1 Å². The number of amides is 2. The lowest BCUT2D eigenvalue weighted by Gasteiger charge is -2.27. The van der Waals surface area contributed by atoms with Gasteiger partial charge in [-0.2, -0.15) is 0 Å². The predicted octanol–water partition coefficient (Wildman–Crippen LogP) is 1.57. The minimum Gasteiger partial charge on any atom is -0.378 e. The van der Waals surface area contributed by atoms with Crippen LogP contribution in [0.25, 0.3) is 0 Å². The van der Waals surface area contributed by atoms with E-state index in [1.165, 1.54) is 0 Å². The smallest absolute Gasteiger partial charge is 0.319 e. The van der Waals surface area contributed by atoms with Crippen LogP contribution >= 0.6 is 0 Å². The molecule has 1 atom stereocenters. The lowest BCUT2D eigenvalue weighted by Crippen LogP contribution is -2.36. The maximum absolute atomic E-state index is 12.0. The SMILES string of the molecule is C[C@H](CNC(=O)Nc1ccc(N2CCOCC2)nc1)Cn1ccnc1. The summed E-state index contributed by atoms with van der Waals surface area (Å²) in [5.74, 6) is 1.21. The third-order valence-corrected chi connectivity index (χ3v) is 4.03. The molecule has 8 nitrogen and oxygen atoms in total. The van der Waals surface area contributed by atoms with E-state index in [1.54, 1.807) is 18.7 Å². The van der Waals surface area contributed by atoms with Crippen molar-refractivity contribution in [2.75, 3.05) is 43.1 Å². The maximum atomic E-state index is 12.0. The topological polar surface area (TPSA) is 84.3 Å². The van der Waals surface area contributed by atoms with Crippen LogP contribution in [0.4, 0.5) is 16.3 Å². The Labute approximate surface area is 147 Å². The Hall–Kier alpha value is -2.61. The van der Waals surface area contributed by atoms with Gasteiger partial charge in [0.1, 0.15) is 5.82 Å². The number of anilines is 2. The number of morpholine rings is 1. The molecule has 3 rings (SSSR count). The third kappa shape index (κ3) is 5.18. The molecule has 25 heavy (non-hydrogen) atoms. The second kappa shape index (κ2) is 8.48. The van der Waals surface area contributed by atoms with Crippen LogP contribution in [-0.2, 0) is 11.3 Å². The quantitative estimate of drug-likeness (QED) is 0.831. The largest absolute Gasteiger partial charge is 0.378 e. The van der Waals surface area contributed by atoms with E-state index < -0.39 is 0 Å². The summed E-state index contributed by atoms with van der Waals surface area (Å²) in [6.45, 7) is 6.62. The first-order chi connectivity index (χ1) is 12.2. The number of ether oxygens (including phenoxy) is 1. The van der Waals surface area contributed by atoms with Crippen molar-refractivity contribution in [1.82, 2.24) is 19.9 Å². The molecule has 134 valence electrons. The third-order valence-electron chi connectivity index (χ3n) is 4.03. The molecule has 1 saturated heterocycles. The highest BCUT2D eigenvalue weighted by Gasteiger charge is 2.12. The van der Waals surface area contributed by atoms with Crippen LogP contribution < -0.4 is 15.5 Å². The summed E-state index contributed by atoms with van der Waals surface area (Å²) in [6, 6.07) is 3.56. The average molecular weight is 344 g/mol. The highest BCUT2D eigenvalue weighted by atomic mass is 16.5. The Kier molecular flexibility index (Phi) is 5.84. The van der Waals surface area contributed by atoms with Gasteiger partial charge in [0.2, 0.25) is 0 Å². The number of nitrogens with one attached hydrogen (secondary N) is 2. The number of hydrogen-bond donors (Lipinski definition) is 2. The van der Waals surface area contributed by atoms with Crippen molar-refractivity contribution in [2.45, 2.75) is 13.5 Å². The average Bonchev–Trinajstić information content (AvgIpc) is 3.14. The van der Waals surface area contributed by atoms with Crippen molar-refractivity contribution in [3.63, 3.8) is 0 Å². The van der Waals surface area contributed by atoms with Gasteiger partial charge in [-0.3, -0.25) is 0 Å². The number of carbonyl (C=O) groups excluding carboxylic acids is 1. The Morgan fingerprint density at radius 3 is 2.88 bits per heavy atom. The van der Waals surface area contributed by atoms with Gasteiger partial charge in [-0.1, -0.05) is 6.92 Å². The molecule has 1 aliphatic heterocycles. The first-order valence-corrected chi connectivity index (χ1v) is 8.50. The van der Waals surface area contributed by atoms with E-state index >= 15 is 0 Å². The van der Waals surface area contributed by atoms with Crippen LogP contribution in [0, 0.1) is 5.92 Å². The molecule has 8 heteroatoms. The zero-order valence-electron chi connectivity index (χ0n) is 14.4. The Balaban J connectivity index is 1.42. The molecule has 1 aliphatic rings. The normalized spacial score (nSPS) is 15.6. The zero-order valence-corrected chi connectivity index (χ0v) is 14.4. The second-order valence-electron chi connectivity index (χ2n) is 6.20. The number of rotatable bonds is 6. The highest BCUT2D eigenvalue weighted by molar-refractivity contribution is 5.89. The summed E-state index contributed by atoms with van der Waals surface area (Å²) >= 11 is 0. The molecule has 2 aromatic rings. The standard InChI is InChI=1S/C17H24N6O2/c1-14(12-22-5-4-18-13-22)10-20-17(24)21-15-2-3-16(19-11-15)23-6-8-25-9-7-23/h2-5,11,13-14H,6-10,12H2,1H3,(H2,20,21,24)/t14-/m1/s1. The minimum atomic E-state index is -0.224. The van der Waals surface area contributed by atoms with Crippen LogP contribution in [0.3, 0.4) is 0 Å². The van der Waals surface area contributed by atoms with Gasteiger partial charge in [-0.05, 0) is 18.1 Å². The Morgan fingerprint density at radius 2 is 2.20 bits per heavy atom. The van der Waals surface area contributed by atoms with Crippen LogP contribution in [0.2, 0.25) is 0 Å². The maximum Gasteiger partial charge on any atom is 0.319 e. The molecule has 1 fully saturated rings. The van der Waals surface area contributed by atoms with E-state index in [4.69, 9.17) is 4.74 Å². The molecular weight excluding hydrogens is 320 g/mol. The van der Waals surface area contributed by atoms with E-state index in [9.17, 15) is 4.79 Å². The molecule has 3 heterocycles. The van der Waals surface area contributed by atoms with E-state index in [2.05, 4.69) is 32.4 Å². The lowest BCUT2D eigenvalue weighted by molar-refractivity contribution is 0.122. The van der Waals surface area contributed by atoms with Crippen molar-refractivity contribution >= 4 is 17.5 Å². The van der Waals surface area contributed by atoms with Crippen molar-refractivity contribution in [3.05, 3.63) is 37.1 Å². The van der Waals surface area contributed by atoms with Crippen molar-refractivity contribution in [1.29, 1.82) is 0 Å². The van der Waals surface area contributed by atoms with Crippen molar-refractivity contribution < 1.29 is 9.53 Å². The Bertz CT molecular complexity index is 652. The van der Waals surface area contributed by atoms with Gasteiger partial charge in [-0.25, -0.2) is 14.8 Å². The van der Waals surface area contributed by atoms with Crippen LogP contribution in [0.1, 0.15) is 6.92 Å². The van der Waals surface area contributed by atoms with Gasteiger partial charge in [0.05, 0.1) is 31.4 Å². The Morgan fingerprint density at radius 1 is 1.36 bits per heavy atom. The molecule has 0 bridgehead atoms. The molecule has 0 saturated carbocycles. The molecule has 0 spiro atoms. The first kappa shape index (κ1) is 17.2. The number of carbonyl (C=O) groups is 1. The van der Waals surface area contributed by atoms with E-state index in [-0.39, 0.29) is 6.03 Å². The van der Waals surface area contributed by atoms with Crippen molar-refractivity contribution in [3.8, 4) is 0 Å². The number of hydrogen-bond acceptors (Lipinski definition) is 5. The molecule has 0 aromatic carbocycles. The molecule has 0 aliphatic carbocycles. The van der Waals surface area contributed by atoms with Gasteiger partial charge in [0.25, 0.3) is 0 Å². The zero-order chi connectivity index (χ0) is 17.5. The van der Waals surface area contributed by atoms with E-state index in [0.717, 1.165) is 38.7 Å². The summed E-state index contributed by atoms with van der Waals surface area (Å²) in [5, 5.41) is 5.69. The first-order valence-electron chi connectivity index (χ1n) is 8.50. The van der Waals surface area contributed by atoms with E-state index in [0.29, 0.717) is 18.2 Å². The van der Waals surface area contributed by atoms with Gasteiger partial charge < -0.3 is 24.8 Å². The van der Waals surface area contributed by atoms with Gasteiger partial charge in [0, 0.05) is 38.6 Å². The van der Waals surface area contributed by atoms with Crippen LogP contribution in [0.5, 0.6) is 0 Å². The van der Waals surface area contributed by atoms with Crippen molar-refractivity contribution in [2.24, 2.45) is 5.92 Å². The van der Waals surface area contributed by atoms with Gasteiger partial charge in [0.15, 0.2) is 0 Å². The second-order valence-corrected chi connectivity index (χ2v) is 6.20. The number of aromatic nitrogens is 3. The number of urea groups is 1. The van der Waals surface area contributed by atoms with Crippen LogP contribution in [-0.4, -0.2) is 53.4 Å². The lowest BCUT2D eigenvalue weighted by atomic mass is 10.2. The highest BCUT2D eigenvalue weighted by Crippen LogP contribution is 2.15. The predicted molar refractivity (Wildman–Crippen MR) is 95.7 cm³/mol. The number of nitrogens with zero attached hydrogens (tertiary/aromatic N) is 4. The summed E-state index contributed by atoms with van der Waals surface area (Å²) < 4.78 is 7.34.